The second-order valence-corrected chi connectivity index (χ2v) is 5.73. The molecule has 0 amide bonds. The number of carbonyl (C=O) groups excluding carboxylic acids is 2. The molecule has 3 rings (SSSR count). The highest BCUT2D eigenvalue weighted by Crippen LogP contribution is 2.20. The molecule has 0 bridgehead atoms. The van der Waals surface area contributed by atoms with Crippen LogP contribution in [0.4, 0.5) is 0 Å². The smallest absolute Gasteiger partial charge is 0.492 e. The highest BCUT2D eigenvalue weighted by Gasteiger charge is 2.37. The standard InChI is InChI=1S/C13H11BBrNO5/c1-16-6-12(17)20-14(21-13(18)7-16)11-5-8-4-9(15)2-3-10(8)19-11/h2-5H,6-7H2,1H3. The van der Waals surface area contributed by atoms with Crippen molar-refractivity contribution in [1.82, 2.24) is 4.90 Å². The Morgan fingerprint density at radius 1 is 1.14 bits per heavy atom. The summed E-state index contributed by atoms with van der Waals surface area (Å²) in [5.74, 6) is -0.951. The van der Waals surface area contributed by atoms with E-state index in [1.165, 1.54) is 4.90 Å². The van der Waals surface area contributed by atoms with Gasteiger partial charge in [0.2, 0.25) is 0 Å². The summed E-state index contributed by atoms with van der Waals surface area (Å²) in [6, 6.07) is 7.17. The molecule has 0 spiro atoms. The van der Waals surface area contributed by atoms with E-state index in [0.717, 1.165) is 9.86 Å². The fourth-order valence-corrected chi connectivity index (χ4v) is 2.48. The molecular formula is C13H11BBrNO5. The predicted molar refractivity (Wildman–Crippen MR) is 79.0 cm³/mol. The lowest BCUT2D eigenvalue weighted by Crippen LogP contribution is -2.47. The number of likely N-dealkylation sites (N-methyl/N-ethyl adjacent to an activating group) is 1. The highest BCUT2D eigenvalue weighted by molar-refractivity contribution is 9.10. The number of hydrogen-bond acceptors (Lipinski definition) is 6. The van der Waals surface area contributed by atoms with E-state index >= 15 is 0 Å². The summed E-state index contributed by atoms with van der Waals surface area (Å²) in [6.07, 6.45) is 0. The molecule has 0 N–H and O–H groups in total. The van der Waals surface area contributed by atoms with Gasteiger partial charge in [0.1, 0.15) is 5.58 Å². The Balaban J connectivity index is 1.92. The molecule has 0 saturated carbocycles. The predicted octanol–water partition coefficient (Wildman–Crippen LogP) is 0.922. The second kappa shape index (κ2) is 5.53. The van der Waals surface area contributed by atoms with Crippen LogP contribution < -0.4 is 5.66 Å². The van der Waals surface area contributed by atoms with Gasteiger partial charge < -0.3 is 13.7 Å². The largest absolute Gasteiger partial charge is 0.674 e. The minimum Gasteiger partial charge on any atom is -0.492 e. The van der Waals surface area contributed by atoms with E-state index in [1.54, 1.807) is 19.2 Å². The van der Waals surface area contributed by atoms with Crippen LogP contribution in [-0.4, -0.2) is 44.1 Å². The lowest BCUT2D eigenvalue weighted by molar-refractivity contribution is -0.145. The van der Waals surface area contributed by atoms with Gasteiger partial charge in [-0.15, -0.1) is 0 Å². The number of carbonyl (C=O) groups is 2. The van der Waals surface area contributed by atoms with E-state index in [4.69, 9.17) is 13.7 Å². The Morgan fingerprint density at radius 3 is 2.48 bits per heavy atom. The quantitative estimate of drug-likeness (QED) is 0.712. The monoisotopic (exact) mass is 351 g/mol. The summed E-state index contributed by atoms with van der Waals surface area (Å²) in [7, 11) is 0.492. The van der Waals surface area contributed by atoms with E-state index in [1.807, 2.05) is 12.1 Å². The molecule has 0 unspecified atom stereocenters. The van der Waals surface area contributed by atoms with Crippen LogP contribution in [0, 0.1) is 0 Å². The number of nitrogens with zero attached hydrogens (tertiary/aromatic N) is 1. The molecule has 2 aromatic rings. The molecule has 8 heteroatoms. The van der Waals surface area contributed by atoms with Gasteiger partial charge in [-0.3, -0.25) is 14.5 Å². The molecule has 1 fully saturated rings. The maximum atomic E-state index is 11.7. The maximum absolute atomic E-state index is 11.7. The van der Waals surface area contributed by atoms with Crippen molar-refractivity contribution in [2.24, 2.45) is 0 Å². The molecule has 1 aromatic carbocycles. The molecule has 1 saturated heterocycles. The maximum Gasteiger partial charge on any atom is 0.674 e. The first kappa shape index (κ1) is 14.2. The van der Waals surface area contributed by atoms with Crippen LogP contribution in [0.3, 0.4) is 0 Å². The molecule has 108 valence electrons. The fraction of sp³-hybridized carbons (Fsp3) is 0.231. The molecular weight excluding hydrogens is 341 g/mol. The van der Waals surface area contributed by atoms with Crippen molar-refractivity contribution in [3.63, 3.8) is 0 Å². The second-order valence-electron chi connectivity index (χ2n) is 4.81. The summed E-state index contributed by atoms with van der Waals surface area (Å²) < 4.78 is 16.8. The van der Waals surface area contributed by atoms with Crippen LogP contribution in [0.25, 0.3) is 11.0 Å². The third-order valence-electron chi connectivity index (χ3n) is 3.00. The van der Waals surface area contributed by atoms with Gasteiger partial charge in [0.15, 0.2) is 5.66 Å². The van der Waals surface area contributed by atoms with E-state index in [9.17, 15) is 9.59 Å². The van der Waals surface area contributed by atoms with Gasteiger partial charge in [-0.05, 0) is 31.3 Å². The first-order valence-electron chi connectivity index (χ1n) is 6.28. The molecule has 0 radical (unpaired) electrons. The Labute approximate surface area is 129 Å². The Hall–Kier alpha value is -1.80. The van der Waals surface area contributed by atoms with Gasteiger partial charge in [0, 0.05) is 9.86 Å². The van der Waals surface area contributed by atoms with Crippen molar-refractivity contribution in [3.8, 4) is 0 Å². The normalized spacial score (nSPS) is 17.3. The summed E-state index contributed by atoms with van der Waals surface area (Å²) in [5.41, 5.74) is 0.911. The Bertz CT molecular complexity index is 696. The molecule has 6 nitrogen and oxygen atoms in total. The molecule has 0 aliphatic carbocycles. The van der Waals surface area contributed by atoms with Crippen molar-refractivity contribution in [2.75, 3.05) is 20.1 Å². The van der Waals surface area contributed by atoms with Crippen molar-refractivity contribution < 1.29 is 23.3 Å². The number of furan rings is 1. The average Bonchev–Trinajstić information content (AvgIpc) is 2.78. The summed E-state index contributed by atoms with van der Waals surface area (Å²) in [6.45, 7) is 0.0504. The van der Waals surface area contributed by atoms with E-state index < -0.39 is 19.1 Å². The van der Waals surface area contributed by atoms with Gasteiger partial charge in [0.05, 0.1) is 13.1 Å². The van der Waals surface area contributed by atoms with Gasteiger partial charge in [0.25, 0.3) is 0 Å². The van der Waals surface area contributed by atoms with Gasteiger partial charge >= 0.3 is 19.1 Å². The molecule has 1 aliphatic rings. The summed E-state index contributed by atoms with van der Waals surface area (Å²) >= 11 is 3.37. The third-order valence-corrected chi connectivity index (χ3v) is 3.50. The topological polar surface area (TPSA) is 69.0 Å². The van der Waals surface area contributed by atoms with Gasteiger partial charge in [-0.2, -0.15) is 0 Å². The fourth-order valence-electron chi connectivity index (χ4n) is 2.10. The van der Waals surface area contributed by atoms with Gasteiger partial charge in [-0.25, -0.2) is 0 Å². The third kappa shape index (κ3) is 3.11. The Morgan fingerprint density at radius 2 is 1.81 bits per heavy atom. The first-order valence-corrected chi connectivity index (χ1v) is 7.07. The van der Waals surface area contributed by atoms with Crippen LogP contribution >= 0.6 is 15.9 Å². The zero-order chi connectivity index (χ0) is 15.0. The van der Waals surface area contributed by atoms with Crippen LogP contribution in [0.5, 0.6) is 0 Å². The zero-order valence-electron chi connectivity index (χ0n) is 11.2. The van der Waals surface area contributed by atoms with Gasteiger partial charge in [-0.1, -0.05) is 15.9 Å². The number of benzene rings is 1. The number of halogens is 1. The van der Waals surface area contributed by atoms with E-state index in [2.05, 4.69) is 15.9 Å². The van der Waals surface area contributed by atoms with Crippen molar-refractivity contribution >= 4 is 51.6 Å². The summed E-state index contributed by atoms with van der Waals surface area (Å²) in [5, 5.41) is 0.825. The number of fused-ring (bicyclic) bond motifs is 1. The molecule has 1 aliphatic heterocycles. The summed E-state index contributed by atoms with van der Waals surface area (Å²) in [4.78, 5) is 24.9. The average molecular weight is 352 g/mol. The molecule has 0 atom stereocenters. The zero-order valence-corrected chi connectivity index (χ0v) is 12.8. The molecule has 1 aromatic heterocycles. The van der Waals surface area contributed by atoms with Crippen LogP contribution in [-0.2, 0) is 18.9 Å². The van der Waals surface area contributed by atoms with Crippen molar-refractivity contribution in [3.05, 3.63) is 28.7 Å². The lowest BCUT2D eigenvalue weighted by Gasteiger charge is -2.21. The molecule has 2 heterocycles. The highest BCUT2D eigenvalue weighted by atomic mass is 79.9. The SMILES string of the molecule is CN1CC(=O)OB(c2cc3cc(Br)ccc3o2)OC(=O)C1. The van der Waals surface area contributed by atoms with Crippen LogP contribution in [0.2, 0.25) is 0 Å². The minimum absolute atomic E-state index is 0.0252. The molecule has 21 heavy (non-hydrogen) atoms. The van der Waals surface area contributed by atoms with Crippen LogP contribution in [0.15, 0.2) is 33.2 Å². The van der Waals surface area contributed by atoms with Crippen LogP contribution in [0.1, 0.15) is 0 Å². The van der Waals surface area contributed by atoms with Crippen molar-refractivity contribution in [2.45, 2.75) is 0 Å². The minimum atomic E-state index is -1.15. The van der Waals surface area contributed by atoms with Crippen molar-refractivity contribution in [1.29, 1.82) is 0 Å². The number of hydrogen-bond donors (Lipinski definition) is 0. The van der Waals surface area contributed by atoms with E-state index in [0.29, 0.717) is 5.58 Å². The Kier molecular flexibility index (Phi) is 3.73. The first-order chi connectivity index (χ1) is 10.0. The van der Waals surface area contributed by atoms with E-state index in [-0.39, 0.29) is 18.7 Å². The lowest BCUT2D eigenvalue weighted by atomic mass is 9.85. The number of rotatable bonds is 1.